The van der Waals surface area contributed by atoms with Crippen molar-refractivity contribution in [3.8, 4) is 0 Å². The van der Waals surface area contributed by atoms with Crippen LogP contribution in [0.5, 0.6) is 0 Å². The molecule has 18 heavy (non-hydrogen) atoms. The molecule has 7 heteroatoms. The summed E-state index contributed by atoms with van der Waals surface area (Å²) in [6.45, 7) is 1.74. The molecule has 2 rings (SSSR count). The Morgan fingerprint density at radius 2 is 2.33 bits per heavy atom. The van der Waals surface area contributed by atoms with Gasteiger partial charge in [0.1, 0.15) is 0 Å². The second-order valence-electron chi connectivity index (χ2n) is 3.43. The highest BCUT2D eigenvalue weighted by Gasteiger charge is 2.24. The largest absolute Gasteiger partial charge is 0.462 e. The van der Waals surface area contributed by atoms with Crippen LogP contribution in [0, 0.1) is 0 Å². The lowest BCUT2D eigenvalue weighted by Gasteiger charge is -2.01. The summed E-state index contributed by atoms with van der Waals surface area (Å²) in [5.74, 6) is -1.36. The highest BCUT2D eigenvalue weighted by molar-refractivity contribution is 5.93. The van der Waals surface area contributed by atoms with E-state index >= 15 is 0 Å². The summed E-state index contributed by atoms with van der Waals surface area (Å²) in [5.41, 5.74) is -1.22. The number of ether oxygens (including phenoxy) is 1. The highest BCUT2D eigenvalue weighted by atomic mass is 16.5. The predicted octanol–water partition coefficient (Wildman–Crippen LogP) is 0.267. The van der Waals surface area contributed by atoms with E-state index in [9.17, 15) is 14.4 Å². The van der Waals surface area contributed by atoms with Gasteiger partial charge in [0, 0.05) is 6.21 Å². The first-order chi connectivity index (χ1) is 8.63. The maximum Gasteiger partial charge on any atom is 0.372 e. The number of rotatable bonds is 3. The monoisotopic (exact) mass is 250 g/mol. The van der Waals surface area contributed by atoms with Gasteiger partial charge in [0.05, 0.1) is 12.8 Å². The zero-order chi connectivity index (χ0) is 13.1. The maximum absolute atomic E-state index is 11.8. The van der Waals surface area contributed by atoms with Crippen molar-refractivity contribution < 1.29 is 18.8 Å². The van der Waals surface area contributed by atoms with Gasteiger partial charge in [0.15, 0.2) is 11.6 Å². The molecule has 0 radical (unpaired) electrons. The van der Waals surface area contributed by atoms with E-state index in [0.717, 1.165) is 6.20 Å². The van der Waals surface area contributed by atoms with Crippen molar-refractivity contribution in [1.82, 2.24) is 4.74 Å². The summed E-state index contributed by atoms with van der Waals surface area (Å²) in [5, 5.41) is 0. The van der Waals surface area contributed by atoms with Crippen LogP contribution in [0.15, 0.2) is 32.7 Å². The van der Waals surface area contributed by atoms with Crippen LogP contribution in [0.25, 0.3) is 0 Å². The fourth-order valence-electron chi connectivity index (χ4n) is 1.41. The molecule has 0 spiro atoms. The number of hydrogen-bond donors (Lipinski definition) is 0. The minimum atomic E-state index is -0.909. The second-order valence-corrected chi connectivity index (χ2v) is 3.43. The van der Waals surface area contributed by atoms with E-state index in [-0.39, 0.29) is 12.2 Å². The summed E-state index contributed by atoms with van der Waals surface area (Å²) in [6, 6.07) is -0.726. The van der Waals surface area contributed by atoms with Gasteiger partial charge < -0.3 is 9.26 Å². The Balaban J connectivity index is 2.26. The van der Waals surface area contributed by atoms with Crippen molar-refractivity contribution in [3.05, 3.63) is 34.3 Å². The summed E-state index contributed by atoms with van der Waals surface area (Å²) in [6.07, 6.45) is 5.64. The lowest BCUT2D eigenvalue weighted by Crippen LogP contribution is -2.21. The summed E-state index contributed by atoms with van der Waals surface area (Å²) in [4.78, 5) is 38.4. The van der Waals surface area contributed by atoms with Crippen molar-refractivity contribution in [2.24, 2.45) is 4.99 Å². The van der Waals surface area contributed by atoms with E-state index in [0.29, 0.717) is 4.74 Å². The van der Waals surface area contributed by atoms with Crippen molar-refractivity contribution in [2.75, 3.05) is 6.61 Å². The Morgan fingerprint density at radius 3 is 2.94 bits per heavy atom. The zero-order valence-electron chi connectivity index (χ0n) is 9.53. The van der Waals surface area contributed by atoms with E-state index in [1.165, 1.54) is 6.21 Å². The molecule has 0 aliphatic carbocycles. The molecule has 0 aromatic carbocycles. The van der Waals surface area contributed by atoms with Crippen molar-refractivity contribution in [3.63, 3.8) is 0 Å². The van der Waals surface area contributed by atoms with E-state index < -0.39 is 23.5 Å². The fraction of sp³-hybridized carbons (Fsp3) is 0.273. The van der Waals surface area contributed by atoms with E-state index in [2.05, 4.69) is 14.3 Å². The first-order valence-corrected chi connectivity index (χ1v) is 5.27. The van der Waals surface area contributed by atoms with Gasteiger partial charge >= 0.3 is 11.6 Å². The highest BCUT2D eigenvalue weighted by Crippen LogP contribution is 2.05. The topological polar surface area (TPSA) is 90.9 Å². The molecule has 1 aliphatic rings. The van der Waals surface area contributed by atoms with Crippen LogP contribution in [0.2, 0.25) is 0 Å². The second kappa shape index (κ2) is 4.82. The van der Waals surface area contributed by atoms with Crippen LogP contribution < -0.4 is 5.63 Å². The number of aromatic nitrogens is 1. The van der Waals surface area contributed by atoms with Crippen LogP contribution in [0.1, 0.15) is 22.1 Å². The Bertz CT molecular complexity index is 581. The van der Waals surface area contributed by atoms with Crippen molar-refractivity contribution in [1.29, 1.82) is 0 Å². The van der Waals surface area contributed by atoms with Crippen molar-refractivity contribution in [2.45, 2.75) is 13.0 Å². The average Bonchev–Trinajstić information content (AvgIpc) is 2.97. The molecule has 0 N–H and O–H groups in total. The Hall–Kier alpha value is -2.44. The number of esters is 1. The molecular formula is C11H10N2O5. The summed E-state index contributed by atoms with van der Waals surface area (Å²) in [7, 11) is 0. The molecule has 1 aromatic heterocycles. The van der Waals surface area contributed by atoms with E-state index in [4.69, 9.17) is 0 Å². The van der Waals surface area contributed by atoms with Gasteiger partial charge in [-0.1, -0.05) is 0 Å². The SMILES string of the molecule is CCOC(=O)c1cn(C(=O)C2C=CC=N2)oc1=O. The molecule has 0 bridgehead atoms. The molecular weight excluding hydrogens is 240 g/mol. The summed E-state index contributed by atoms with van der Waals surface area (Å²) < 4.78 is 10.0. The van der Waals surface area contributed by atoms with Gasteiger partial charge in [-0.05, 0) is 19.1 Å². The molecule has 7 nitrogen and oxygen atoms in total. The quantitative estimate of drug-likeness (QED) is 0.718. The average molecular weight is 250 g/mol. The number of hydrogen-bond acceptors (Lipinski definition) is 6. The van der Waals surface area contributed by atoms with Crippen LogP contribution in [0.4, 0.5) is 0 Å². The smallest absolute Gasteiger partial charge is 0.372 e. The molecule has 0 saturated carbocycles. The third kappa shape index (κ3) is 2.15. The van der Waals surface area contributed by atoms with Gasteiger partial charge in [-0.25, -0.2) is 9.59 Å². The number of nitrogens with zero attached hydrogens (tertiary/aromatic N) is 2. The van der Waals surface area contributed by atoms with Crippen molar-refractivity contribution >= 4 is 18.1 Å². The van der Waals surface area contributed by atoms with Crippen LogP contribution in [-0.4, -0.2) is 35.5 Å². The van der Waals surface area contributed by atoms with Crippen LogP contribution >= 0.6 is 0 Å². The third-order valence-corrected chi connectivity index (χ3v) is 2.24. The van der Waals surface area contributed by atoms with Gasteiger partial charge in [-0.15, -0.1) is 4.74 Å². The Labute approximate surface area is 101 Å². The van der Waals surface area contributed by atoms with Gasteiger partial charge in [-0.3, -0.25) is 9.79 Å². The number of allylic oxidation sites excluding steroid dienone is 1. The lowest BCUT2D eigenvalue weighted by atomic mass is 10.3. The number of carbonyl (C=O) groups excluding carboxylic acids is 2. The number of aliphatic imine (C=N–C) groups is 1. The summed E-state index contributed by atoms with van der Waals surface area (Å²) >= 11 is 0. The molecule has 0 amide bonds. The molecule has 94 valence electrons. The molecule has 0 saturated heterocycles. The molecule has 1 unspecified atom stereocenters. The van der Waals surface area contributed by atoms with Gasteiger partial charge in [0.25, 0.3) is 5.91 Å². The first-order valence-electron chi connectivity index (χ1n) is 5.27. The number of carbonyl (C=O) groups is 2. The molecule has 0 fully saturated rings. The predicted molar refractivity (Wildman–Crippen MR) is 61.0 cm³/mol. The molecule has 1 aliphatic heterocycles. The minimum absolute atomic E-state index is 0.132. The fourth-order valence-corrected chi connectivity index (χ4v) is 1.41. The molecule has 2 heterocycles. The molecule has 1 atom stereocenters. The lowest BCUT2D eigenvalue weighted by molar-refractivity contribution is 0.0523. The standard InChI is InChI=1S/C11H10N2O5/c1-2-17-10(15)7-6-13(18-11(7)16)9(14)8-4-3-5-12-8/h3-6,8H,2H2,1H3. The third-order valence-electron chi connectivity index (χ3n) is 2.24. The van der Waals surface area contributed by atoms with E-state index in [1.807, 2.05) is 0 Å². The minimum Gasteiger partial charge on any atom is -0.462 e. The Kier molecular flexibility index (Phi) is 3.22. The normalized spacial score (nSPS) is 17.1. The Morgan fingerprint density at radius 1 is 1.56 bits per heavy atom. The zero-order valence-corrected chi connectivity index (χ0v) is 9.53. The van der Waals surface area contributed by atoms with E-state index in [1.54, 1.807) is 19.1 Å². The van der Waals surface area contributed by atoms with Crippen LogP contribution in [0.3, 0.4) is 0 Å². The maximum atomic E-state index is 11.8. The van der Waals surface area contributed by atoms with Gasteiger partial charge in [-0.2, -0.15) is 0 Å². The molecule has 1 aromatic rings. The van der Waals surface area contributed by atoms with Crippen LogP contribution in [-0.2, 0) is 4.74 Å². The van der Waals surface area contributed by atoms with Gasteiger partial charge in [0.2, 0.25) is 0 Å². The first kappa shape index (κ1) is 12.0.